The van der Waals surface area contributed by atoms with E-state index in [0.717, 1.165) is 5.56 Å². The zero-order chi connectivity index (χ0) is 21.8. The minimum absolute atomic E-state index is 0.117. The molecule has 1 heterocycles. The number of hydrogen-bond donors (Lipinski definition) is 0. The highest BCUT2D eigenvalue weighted by Crippen LogP contribution is 2.39. The van der Waals surface area contributed by atoms with Crippen molar-refractivity contribution in [1.82, 2.24) is 0 Å². The van der Waals surface area contributed by atoms with Crippen molar-refractivity contribution in [2.24, 2.45) is 0 Å². The number of ether oxygens (including phenoxy) is 2. The number of nitrogens with zero attached hydrogens (tertiary/aromatic N) is 1. The number of methoxy groups -OCH3 is 1. The van der Waals surface area contributed by atoms with Gasteiger partial charge in [0.05, 0.1) is 17.7 Å². The molecule has 0 aromatic heterocycles. The summed E-state index contributed by atoms with van der Waals surface area (Å²) in [4.78, 5) is 15.0. The van der Waals surface area contributed by atoms with Crippen LogP contribution in [-0.4, -0.2) is 17.3 Å². The molecule has 0 unspecified atom stereocenters. The maximum atomic E-state index is 13.8. The van der Waals surface area contributed by atoms with E-state index in [2.05, 4.69) is 0 Å². The molecule has 3 aromatic rings. The molecule has 0 atom stereocenters. The van der Waals surface area contributed by atoms with Crippen molar-refractivity contribution in [3.05, 3.63) is 94.6 Å². The van der Waals surface area contributed by atoms with Gasteiger partial charge in [0.1, 0.15) is 23.9 Å². The summed E-state index contributed by atoms with van der Waals surface area (Å²) in [7, 11) is 1.55. The van der Waals surface area contributed by atoms with Crippen LogP contribution in [0.5, 0.6) is 11.5 Å². The van der Waals surface area contributed by atoms with Gasteiger partial charge in [-0.2, -0.15) is 0 Å². The van der Waals surface area contributed by atoms with Gasteiger partial charge in [-0.3, -0.25) is 9.69 Å². The lowest BCUT2D eigenvalue weighted by Gasteiger charge is -2.17. The Balaban J connectivity index is 1.54. The van der Waals surface area contributed by atoms with E-state index in [0.29, 0.717) is 32.0 Å². The molecule has 0 aliphatic carbocycles. The molecule has 1 aliphatic heterocycles. The van der Waals surface area contributed by atoms with Crippen molar-refractivity contribution in [2.75, 3.05) is 12.0 Å². The highest BCUT2D eigenvalue weighted by atomic mass is 32.2. The summed E-state index contributed by atoms with van der Waals surface area (Å²) in [5.74, 6) is 0.636. The number of benzene rings is 3. The second-order valence-corrected chi connectivity index (χ2v) is 8.32. The van der Waals surface area contributed by atoms with Crippen LogP contribution in [0.4, 0.5) is 10.1 Å². The zero-order valence-corrected chi connectivity index (χ0v) is 18.2. The standard InChI is InChI=1S/C24H18FNO3S2/c1-28-21-12-5-4-11-20(21)26-23(27)22(31-24(26)30)14-16-7-6-9-18(13-16)29-15-17-8-2-3-10-19(17)25/h2-14H,15H2,1H3. The maximum absolute atomic E-state index is 13.8. The number of carbonyl (C=O) groups is 1. The van der Waals surface area contributed by atoms with Gasteiger partial charge in [0.15, 0.2) is 4.32 Å². The average Bonchev–Trinajstić information content (AvgIpc) is 3.06. The molecule has 31 heavy (non-hydrogen) atoms. The van der Waals surface area contributed by atoms with E-state index in [4.69, 9.17) is 21.7 Å². The summed E-state index contributed by atoms with van der Waals surface area (Å²) < 4.78 is 25.3. The van der Waals surface area contributed by atoms with Gasteiger partial charge >= 0.3 is 0 Å². The van der Waals surface area contributed by atoms with Crippen molar-refractivity contribution in [3.8, 4) is 11.5 Å². The Morgan fingerprint density at radius 2 is 1.84 bits per heavy atom. The first-order valence-corrected chi connectivity index (χ1v) is 10.7. The summed E-state index contributed by atoms with van der Waals surface area (Å²) in [5, 5.41) is 0. The molecule has 0 spiro atoms. The predicted molar refractivity (Wildman–Crippen MR) is 126 cm³/mol. The molecule has 0 bridgehead atoms. The number of carbonyl (C=O) groups excluding carboxylic acids is 1. The van der Waals surface area contributed by atoms with E-state index in [9.17, 15) is 9.18 Å². The van der Waals surface area contributed by atoms with E-state index in [1.54, 1.807) is 55.7 Å². The molecular formula is C24H18FNO3S2. The Morgan fingerprint density at radius 3 is 2.65 bits per heavy atom. The monoisotopic (exact) mass is 451 g/mol. The Morgan fingerprint density at radius 1 is 1.06 bits per heavy atom. The van der Waals surface area contributed by atoms with Gasteiger partial charge in [0.25, 0.3) is 5.91 Å². The second-order valence-electron chi connectivity index (χ2n) is 6.64. The fourth-order valence-electron chi connectivity index (χ4n) is 3.11. The number of para-hydroxylation sites is 2. The van der Waals surface area contributed by atoms with E-state index in [1.807, 2.05) is 24.3 Å². The van der Waals surface area contributed by atoms with E-state index >= 15 is 0 Å². The first-order valence-electron chi connectivity index (χ1n) is 9.44. The third-order valence-electron chi connectivity index (χ3n) is 4.63. The van der Waals surface area contributed by atoms with Crippen LogP contribution in [0.1, 0.15) is 11.1 Å². The summed E-state index contributed by atoms with van der Waals surface area (Å²) in [6.07, 6.45) is 1.77. The third-order valence-corrected chi connectivity index (χ3v) is 5.93. The van der Waals surface area contributed by atoms with Gasteiger partial charge in [-0.15, -0.1) is 0 Å². The topological polar surface area (TPSA) is 38.8 Å². The summed E-state index contributed by atoms with van der Waals surface area (Å²) in [6, 6.07) is 21.0. The van der Waals surface area contributed by atoms with Crippen LogP contribution in [0.25, 0.3) is 6.08 Å². The average molecular weight is 452 g/mol. The minimum atomic E-state index is -0.307. The summed E-state index contributed by atoms with van der Waals surface area (Å²) in [6.45, 7) is 0.117. The fourth-order valence-corrected chi connectivity index (χ4v) is 4.40. The van der Waals surface area contributed by atoms with Crippen molar-refractivity contribution in [1.29, 1.82) is 0 Å². The molecule has 1 aliphatic rings. The number of anilines is 1. The van der Waals surface area contributed by atoms with Gasteiger partial charge in [0.2, 0.25) is 0 Å². The number of rotatable bonds is 6. The molecule has 3 aromatic carbocycles. The van der Waals surface area contributed by atoms with E-state index in [-0.39, 0.29) is 18.3 Å². The Bertz CT molecular complexity index is 1180. The number of thiocarbonyl (C=S) groups is 1. The third kappa shape index (κ3) is 4.62. The molecule has 0 saturated carbocycles. The van der Waals surface area contributed by atoms with Crippen molar-refractivity contribution >= 4 is 46.0 Å². The normalized spacial score (nSPS) is 14.9. The summed E-state index contributed by atoms with van der Waals surface area (Å²) >= 11 is 6.68. The largest absolute Gasteiger partial charge is 0.495 e. The maximum Gasteiger partial charge on any atom is 0.270 e. The minimum Gasteiger partial charge on any atom is -0.495 e. The van der Waals surface area contributed by atoms with Gasteiger partial charge in [-0.05, 0) is 42.0 Å². The van der Waals surface area contributed by atoms with Crippen LogP contribution in [0.15, 0.2) is 77.7 Å². The first kappa shape index (κ1) is 21.1. The Labute approximate surface area is 189 Å². The van der Waals surface area contributed by atoms with Crippen LogP contribution >= 0.6 is 24.0 Å². The number of amides is 1. The molecule has 4 nitrogen and oxygen atoms in total. The number of halogens is 1. The number of hydrogen-bond acceptors (Lipinski definition) is 5. The molecule has 0 N–H and O–H groups in total. The predicted octanol–water partition coefficient (Wildman–Crippen LogP) is 5.82. The lowest BCUT2D eigenvalue weighted by atomic mass is 10.2. The molecule has 1 amide bonds. The quantitative estimate of drug-likeness (QED) is 0.349. The van der Waals surface area contributed by atoms with Crippen LogP contribution in [-0.2, 0) is 11.4 Å². The lowest BCUT2D eigenvalue weighted by molar-refractivity contribution is -0.113. The van der Waals surface area contributed by atoms with Crippen LogP contribution < -0.4 is 14.4 Å². The fraction of sp³-hybridized carbons (Fsp3) is 0.0833. The molecular weight excluding hydrogens is 433 g/mol. The smallest absolute Gasteiger partial charge is 0.270 e. The van der Waals surface area contributed by atoms with Crippen LogP contribution in [0.2, 0.25) is 0 Å². The van der Waals surface area contributed by atoms with Crippen LogP contribution in [0.3, 0.4) is 0 Å². The lowest BCUT2D eigenvalue weighted by Crippen LogP contribution is -2.27. The van der Waals surface area contributed by atoms with Crippen LogP contribution in [0, 0.1) is 5.82 Å². The molecule has 156 valence electrons. The van der Waals surface area contributed by atoms with Crippen molar-refractivity contribution < 1.29 is 18.7 Å². The van der Waals surface area contributed by atoms with Gasteiger partial charge in [-0.25, -0.2) is 4.39 Å². The first-order chi connectivity index (χ1) is 15.1. The molecule has 0 radical (unpaired) electrons. The van der Waals surface area contributed by atoms with Gasteiger partial charge < -0.3 is 9.47 Å². The molecule has 4 rings (SSSR count). The van der Waals surface area contributed by atoms with Gasteiger partial charge in [0, 0.05) is 5.56 Å². The van der Waals surface area contributed by atoms with E-state index in [1.165, 1.54) is 22.7 Å². The Hall–Kier alpha value is -3.16. The Kier molecular flexibility index (Phi) is 6.34. The SMILES string of the molecule is COc1ccccc1N1C(=O)C(=Cc2cccc(OCc3ccccc3F)c2)SC1=S. The highest BCUT2D eigenvalue weighted by molar-refractivity contribution is 8.27. The molecule has 1 saturated heterocycles. The van der Waals surface area contributed by atoms with E-state index < -0.39 is 0 Å². The highest BCUT2D eigenvalue weighted by Gasteiger charge is 2.34. The zero-order valence-electron chi connectivity index (χ0n) is 16.6. The van der Waals surface area contributed by atoms with Gasteiger partial charge in [-0.1, -0.05) is 66.4 Å². The van der Waals surface area contributed by atoms with Crippen molar-refractivity contribution in [3.63, 3.8) is 0 Å². The number of thioether (sulfide) groups is 1. The second kappa shape index (κ2) is 9.32. The summed E-state index contributed by atoms with van der Waals surface area (Å²) in [5.41, 5.74) is 1.87. The molecule has 1 fully saturated rings. The van der Waals surface area contributed by atoms with Crippen molar-refractivity contribution in [2.45, 2.75) is 6.61 Å². The molecule has 7 heteroatoms.